The van der Waals surface area contributed by atoms with Gasteiger partial charge in [-0.2, -0.15) is 9.61 Å². The third-order valence-corrected chi connectivity index (χ3v) is 5.34. The van der Waals surface area contributed by atoms with Crippen LogP contribution in [-0.2, 0) is 0 Å². The zero-order chi connectivity index (χ0) is 19.4. The topological polar surface area (TPSA) is 123 Å². The molecule has 28 heavy (non-hydrogen) atoms. The molecule has 9 heteroatoms. The van der Waals surface area contributed by atoms with Crippen LogP contribution >= 0.6 is 0 Å². The Morgan fingerprint density at radius 1 is 1.36 bits per heavy atom. The summed E-state index contributed by atoms with van der Waals surface area (Å²) in [5, 5.41) is 18.0. The van der Waals surface area contributed by atoms with Crippen molar-refractivity contribution in [2.75, 3.05) is 12.4 Å². The van der Waals surface area contributed by atoms with Gasteiger partial charge in [0.1, 0.15) is 17.0 Å². The molecule has 0 bridgehead atoms. The number of hydrogen-bond donors (Lipinski definition) is 3. The summed E-state index contributed by atoms with van der Waals surface area (Å²) in [4.78, 5) is 21.0. The second kappa shape index (κ2) is 6.03. The number of anilines is 1. The van der Waals surface area contributed by atoms with E-state index in [-0.39, 0.29) is 17.7 Å². The van der Waals surface area contributed by atoms with Gasteiger partial charge < -0.3 is 20.7 Å². The first-order chi connectivity index (χ1) is 13.6. The molecule has 0 aliphatic heterocycles. The summed E-state index contributed by atoms with van der Waals surface area (Å²) in [5.74, 6) is 0.116. The lowest BCUT2D eigenvalue weighted by Gasteiger charge is -2.32. The number of carbonyl (C=O) groups is 1. The van der Waals surface area contributed by atoms with Crippen molar-refractivity contribution in [1.82, 2.24) is 24.1 Å². The highest BCUT2D eigenvalue weighted by Crippen LogP contribution is 2.38. The van der Waals surface area contributed by atoms with E-state index >= 15 is 0 Å². The maximum atomic E-state index is 11.8. The molecule has 0 saturated heterocycles. The van der Waals surface area contributed by atoms with E-state index in [4.69, 9.17) is 5.73 Å². The number of nitrogens with zero attached hydrogens (tertiary/aromatic N) is 5. The molecule has 142 valence electrons. The number of pyridine rings is 1. The maximum absolute atomic E-state index is 11.8. The van der Waals surface area contributed by atoms with Gasteiger partial charge in [0.25, 0.3) is 5.91 Å². The van der Waals surface area contributed by atoms with Crippen LogP contribution in [0.1, 0.15) is 29.2 Å². The Morgan fingerprint density at radius 3 is 2.89 bits per heavy atom. The van der Waals surface area contributed by atoms with Gasteiger partial charge in [0.2, 0.25) is 0 Å². The quantitative estimate of drug-likeness (QED) is 0.496. The first kappa shape index (κ1) is 16.7. The molecule has 4 aromatic rings. The number of rotatable bonds is 4. The van der Waals surface area contributed by atoms with Crippen molar-refractivity contribution in [1.29, 1.82) is 0 Å². The Morgan fingerprint density at radius 2 is 2.18 bits per heavy atom. The number of aliphatic hydroxyl groups is 1. The Bertz CT molecular complexity index is 1220. The van der Waals surface area contributed by atoms with Gasteiger partial charge in [-0.3, -0.25) is 4.79 Å². The fourth-order valence-electron chi connectivity index (χ4n) is 3.80. The van der Waals surface area contributed by atoms with Crippen molar-refractivity contribution in [3.63, 3.8) is 0 Å². The van der Waals surface area contributed by atoms with E-state index < -0.39 is 5.91 Å². The molecule has 0 unspecified atom stereocenters. The summed E-state index contributed by atoms with van der Waals surface area (Å²) in [6.45, 7) is 0. The van der Waals surface area contributed by atoms with Gasteiger partial charge in [-0.25, -0.2) is 9.97 Å². The maximum Gasteiger partial charge on any atom is 0.254 e. The minimum absolute atomic E-state index is 0.213. The summed E-state index contributed by atoms with van der Waals surface area (Å²) < 4.78 is 3.66. The molecule has 1 fully saturated rings. The predicted molar refractivity (Wildman–Crippen MR) is 104 cm³/mol. The predicted octanol–water partition coefficient (Wildman–Crippen LogP) is 1.58. The summed E-state index contributed by atoms with van der Waals surface area (Å²) >= 11 is 0. The number of fused-ring (bicyclic) bond motifs is 2. The van der Waals surface area contributed by atoms with Crippen LogP contribution in [0, 0.1) is 0 Å². The fraction of sp³-hybridized carbons (Fsp3) is 0.263. The summed E-state index contributed by atoms with van der Waals surface area (Å²) in [5.41, 5.74) is 8.60. The Kier molecular flexibility index (Phi) is 3.59. The number of aliphatic hydroxyl groups excluding tert-OH is 1. The number of primary amides is 1. The highest BCUT2D eigenvalue weighted by molar-refractivity contribution is 6.00. The molecule has 4 N–H and O–H groups in total. The monoisotopic (exact) mass is 377 g/mol. The molecule has 1 amide bonds. The van der Waals surface area contributed by atoms with Gasteiger partial charge in [-0.05, 0) is 25.0 Å². The van der Waals surface area contributed by atoms with Crippen LogP contribution in [-0.4, -0.2) is 48.3 Å². The lowest BCUT2D eigenvalue weighted by atomic mass is 9.89. The van der Waals surface area contributed by atoms with Gasteiger partial charge in [0.15, 0.2) is 5.65 Å². The average molecular weight is 377 g/mol. The van der Waals surface area contributed by atoms with Crippen LogP contribution in [0.2, 0.25) is 0 Å². The van der Waals surface area contributed by atoms with E-state index in [1.54, 1.807) is 17.8 Å². The molecule has 0 atom stereocenters. The third kappa shape index (κ3) is 2.36. The molecule has 9 nitrogen and oxygen atoms in total. The largest absolute Gasteiger partial charge is 0.393 e. The minimum Gasteiger partial charge on any atom is -0.393 e. The number of hydrogen-bond acceptors (Lipinski definition) is 6. The standard InChI is InChI=1S/C19H19N7O2/c1-21-16-7-15(24-19-13(17(20)28)8-23-26(16)19)14-9-25(10-5-11(27)6-10)18-12(14)3-2-4-22-18/h2-4,7-11,21,27H,5-6H2,1H3,(H2,20,28). The van der Waals surface area contributed by atoms with Gasteiger partial charge in [0.05, 0.1) is 18.0 Å². The average Bonchev–Trinajstić information content (AvgIpc) is 3.26. The minimum atomic E-state index is -0.575. The number of carbonyl (C=O) groups excluding carboxylic acids is 1. The van der Waals surface area contributed by atoms with E-state index in [0.29, 0.717) is 30.0 Å². The number of amides is 1. The van der Waals surface area contributed by atoms with Crippen molar-refractivity contribution in [2.45, 2.75) is 25.0 Å². The molecule has 1 aliphatic rings. The van der Waals surface area contributed by atoms with E-state index in [9.17, 15) is 9.90 Å². The number of nitrogens with two attached hydrogens (primary N) is 1. The molecule has 0 radical (unpaired) electrons. The molecule has 4 heterocycles. The van der Waals surface area contributed by atoms with Crippen molar-refractivity contribution < 1.29 is 9.90 Å². The lowest BCUT2D eigenvalue weighted by molar-refractivity contribution is 0.0501. The Hall–Kier alpha value is -3.46. The van der Waals surface area contributed by atoms with Crippen LogP contribution in [0.15, 0.2) is 36.8 Å². The molecular formula is C19H19N7O2. The van der Waals surface area contributed by atoms with E-state index in [1.165, 1.54) is 6.20 Å². The number of aromatic nitrogens is 5. The van der Waals surface area contributed by atoms with Crippen LogP contribution in [0.5, 0.6) is 0 Å². The molecule has 4 aromatic heterocycles. The molecule has 5 rings (SSSR count). The second-order valence-electron chi connectivity index (χ2n) is 7.04. The highest BCUT2D eigenvalue weighted by Gasteiger charge is 2.30. The first-order valence-electron chi connectivity index (χ1n) is 9.07. The van der Waals surface area contributed by atoms with Gasteiger partial charge in [-0.15, -0.1) is 0 Å². The molecular weight excluding hydrogens is 358 g/mol. The molecule has 1 aliphatic carbocycles. The van der Waals surface area contributed by atoms with E-state index in [0.717, 1.165) is 16.6 Å². The van der Waals surface area contributed by atoms with E-state index in [2.05, 4.69) is 25.0 Å². The van der Waals surface area contributed by atoms with Crippen LogP contribution in [0.4, 0.5) is 5.82 Å². The van der Waals surface area contributed by atoms with Gasteiger partial charge >= 0.3 is 0 Å². The smallest absolute Gasteiger partial charge is 0.254 e. The van der Waals surface area contributed by atoms with Crippen molar-refractivity contribution in [2.24, 2.45) is 5.73 Å². The molecule has 0 aromatic carbocycles. The van der Waals surface area contributed by atoms with Crippen molar-refractivity contribution in [3.8, 4) is 11.3 Å². The van der Waals surface area contributed by atoms with E-state index in [1.807, 2.05) is 24.4 Å². The van der Waals surface area contributed by atoms with Crippen LogP contribution in [0.3, 0.4) is 0 Å². The van der Waals surface area contributed by atoms with Crippen LogP contribution in [0.25, 0.3) is 27.9 Å². The molecule has 0 spiro atoms. The zero-order valence-electron chi connectivity index (χ0n) is 15.2. The number of nitrogens with one attached hydrogen (secondary N) is 1. The SMILES string of the molecule is CNc1cc(-c2cn(C3CC(O)C3)c3ncccc23)nc2c(C(N)=O)cnn12. The fourth-order valence-corrected chi connectivity index (χ4v) is 3.80. The van der Waals surface area contributed by atoms with Crippen molar-refractivity contribution >= 4 is 28.4 Å². The van der Waals surface area contributed by atoms with Crippen molar-refractivity contribution in [3.05, 3.63) is 42.4 Å². The highest BCUT2D eigenvalue weighted by atomic mass is 16.3. The Labute approximate surface area is 159 Å². The third-order valence-electron chi connectivity index (χ3n) is 5.34. The first-order valence-corrected chi connectivity index (χ1v) is 9.07. The summed E-state index contributed by atoms with van der Waals surface area (Å²) in [6, 6.07) is 5.98. The Balaban J connectivity index is 1.75. The molecule has 1 saturated carbocycles. The van der Waals surface area contributed by atoms with Crippen LogP contribution < -0.4 is 11.1 Å². The zero-order valence-corrected chi connectivity index (χ0v) is 15.2. The lowest BCUT2D eigenvalue weighted by Crippen LogP contribution is -2.30. The normalized spacial score (nSPS) is 19.1. The summed E-state index contributed by atoms with van der Waals surface area (Å²) in [7, 11) is 1.78. The summed E-state index contributed by atoms with van der Waals surface area (Å²) in [6.07, 6.45) is 6.37. The second-order valence-corrected chi connectivity index (χ2v) is 7.04. The van der Waals surface area contributed by atoms with Gasteiger partial charge in [0, 0.05) is 42.5 Å². The van der Waals surface area contributed by atoms with Gasteiger partial charge in [-0.1, -0.05) is 0 Å².